The molecule has 4 aromatic rings. The van der Waals surface area contributed by atoms with Crippen LogP contribution in [0.3, 0.4) is 0 Å². The summed E-state index contributed by atoms with van der Waals surface area (Å²) in [5, 5.41) is 13.3. The third kappa shape index (κ3) is 4.40. The molecule has 1 fully saturated rings. The molecular weight excluding hydrogens is 522 g/mol. The van der Waals surface area contributed by atoms with Crippen molar-refractivity contribution in [2.24, 2.45) is 0 Å². The molecule has 3 heterocycles. The second kappa shape index (κ2) is 8.88. The van der Waals surface area contributed by atoms with Crippen molar-refractivity contribution in [2.75, 3.05) is 13.1 Å². The van der Waals surface area contributed by atoms with Gasteiger partial charge in [-0.15, -0.1) is 10.2 Å². The van der Waals surface area contributed by atoms with Gasteiger partial charge in [0, 0.05) is 22.9 Å². The summed E-state index contributed by atoms with van der Waals surface area (Å²) in [5.74, 6) is 0.798. The van der Waals surface area contributed by atoms with Gasteiger partial charge in [0.2, 0.25) is 11.8 Å². The summed E-state index contributed by atoms with van der Waals surface area (Å²) in [4.78, 5) is 2.39. The SMILES string of the molecule is Cc1ccc(S(=O)(=O)n2ncc3c(-c4nnc(CN5CC(C)OC(C)C5)o4)cc(Br)cc32)cc1. The zero-order valence-corrected chi connectivity index (χ0v) is 21.4. The molecule has 0 saturated carbocycles. The van der Waals surface area contributed by atoms with E-state index in [1.54, 1.807) is 30.3 Å². The molecular formula is C23H24BrN5O4S. The number of ether oxygens (including phenoxy) is 1. The average molecular weight is 546 g/mol. The van der Waals surface area contributed by atoms with E-state index in [1.165, 1.54) is 6.20 Å². The van der Waals surface area contributed by atoms with Crippen LogP contribution in [0.15, 0.2) is 56.4 Å². The molecule has 5 rings (SSSR count). The number of benzene rings is 2. The van der Waals surface area contributed by atoms with Crippen LogP contribution in [0.2, 0.25) is 0 Å². The summed E-state index contributed by atoms with van der Waals surface area (Å²) in [7, 11) is -3.88. The van der Waals surface area contributed by atoms with Crippen LogP contribution in [0, 0.1) is 6.92 Å². The van der Waals surface area contributed by atoms with E-state index in [9.17, 15) is 8.42 Å². The maximum absolute atomic E-state index is 13.3. The molecule has 11 heteroatoms. The number of aromatic nitrogens is 4. The normalized spacial score (nSPS) is 19.6. The second-order valence-corrected chi connectivity index (χ2v) is 11.3. The molecule has 2 aromatic carbocycles. The molecule has 0 amide bonds. The van der Waals surface area contributed by atoms with Crippen LogP contribution < -0.4 is 0 Å². The lowest BCUT2D eigenvalue weighted by atomic mass is 10.1. The first-order chi connectivity index (χ1) is 16.2. The zero-order valence-electron chi connectivity index (χ0n) is 19.0. The van der Waals surface area contributed by atoms with E-state index >= 15 is 0 Å². The van der Waals surface area contributed by atoms with Gasteiger partial charge in [0.1, 0.15) is 0 Å². The largest absolute Gasteiger partial charge is 0.419 e. The van der Waals surface area contributed by atoms with E-state index in [4.69, 9.17) is 9.15 Å². The Kier molecular flexibility index (Phi) is 6.05. The van der Waals surface area contributed by atoms with Gasteiger partial charge in [0.25, 0.3) is 10.0 Å². The van der Waals surface area contributed by atoms with Gasteiger partial charge in [-0.2, -0.15) is 17.6 Å². The van der Waals surface area contributed by atoms with E-state index in [-0.39, 0.29) is 17.1 Å². The van der Waals surface area contributed by atoms with Crippen LogP contribution >= 0.6 is 15.9 Å². The minimum absolute atomic E-state index is 0.136. The quantitative estimate of drug-likeness (QED) is 0.370. The predicted molar refractivity (Wildman–Crippen MR) is 130 cm³/mol. The average Bonchev–Trinajstić information content (AvgIpc) is 3.40. The topological polar surface area (TPSA) is 103 Å². The first-order valence-electron chi connectivity index (χ1n) is 10.9. The molecule has 0 bridgehead atoms. The number of rotatable bonds is 5. The fraction of sp³-hybridized carbons (Fsp3) is 0.348. The Bertz CT molecular complexity index is 1440. The van der Waals surface area contributed by atoms with Gasteiger partial charge in [0.15, 0.2) is 0 Å². The van der Waals surface area contributed by atoms with Crippen LogP contribution in [0.25, 0.3) is 22.4 Å². The van der Waals surface area contributed by atoms with Crippen LogP contribution in [0.5, 0.6) is 0 Å². The Labute approximate surface area is 205 Å². The molecule has 2 aromatic heterocycles. The summed E-state index contributed by atoms with van der Waals surface area (Å²) in [6, 6.07) is 10.2. The lowest BCUT2D eigenvalue weighted by Gasteiger charge is -2.34. The van der Waals surface area contributed by atoms with Gasteiger partial charge in [-0.1, -0.05) is 33.6 Å². The van der Waals surface area contributed by atoms with E-state index in [0.717, 1.165) is 22.7 Å². The van der Waals surface area contributed by atoms with Gasteiger partial charge in [-0.25, -0.2) is 0 Å². The molecule has 0 N–H and O–H groups in total. The molecule has 1 aliphatic rings. The standard InChI is InChI=1S/C23H24BrN5O4S/c1-14-4-6-18(7-5-14)34(30,31)29-21-9-17(24)8-19(20(21)10-25-29)23-27-26-22(33-23)13-28-11-15(2)32-16(3)12-28/h4-10,15-16H,11-13H2,1-3H3. The molecule has 34 heavy (non-hydrogen) atoms. The monoisotopic (exact) mass is 545 g/mol. The third-order valence-electron chi connectivity index (χ3n) is 5.72. The van der Waals surface area contributed by atoms with Crippen LogP contribution in [-0.4, -0.2) is 58.0 Å². The first kappa shape index (κ1) is 23.2. The molecule has 9 nitrogen and oxygen atoms in total. The van der Waals surface area contributed by atoms with Crippen LogP contribution in [0.1, 0.15) is 25.3 Å². The Morgan fingerprint density at radius 1 is 1.09 bits per heavy atom. The smallest absolute Gasteiger partial charge is 0.283 e. The summed E-state index contributed by atoms with van der Waals surface area (Å²) < 4.78 is 40.0. The van der Waals surface area contributed by atoms with Crippen molar-refractivity contribution in [1.29, 1.82) is 0 Å². The number of aryl methyl sites for hydroxylation is 1. The number of fused-ring (bicyclic) bond motifs is 1. The molecule has 1 aliphatic heterocycles. The first-order valence-corrected chi connectivity index (χ1v) is 13.1. The van der Waals surface area contributed by atoms with E-state index in [2.05, 4.69) is 36.1 Å². The highest BCUT2D eigenvalue weighted by Crippen LogP contribution is 2.33. The van der Waals surface area contributed by atoms with E-state index in [0.29, 0.717) is 39.3 Å². The predicted octanol–water partition coefficient (Wildman–Crippen LogP) is 4.00. The minimum Gasteiger partial charge on any atom is -0.419 e. The number of hydrogen-bond acceptors (Lipinski definition) is 8. The van der Waals surface area contributed by atoms with Crippen molar-refractivity contribution in [2.45, 2.75) is 44.4 Å². The maximum Gasteiger partial charge on any atom is 0.283 e. The highest BCUT2D eigenvalue weighted by molar-refractivity contribution is 9.10. The zero-order chi connectivity index (χ0) is 24.0. The van der Waals surface area contributed by atoms with Gasteiger partial charge < -0.3 is 9.15 Å². The van der Waals surface area contributed by atoms with Crippen LogP contribution in [-0.2, 0) is 21.3 Å². The number of hydrogen-bond donors (Lipinski definition) is 0. The van der Waals surface area contributed by atoms with Crippen LogP contribution in [0.4, 0.5) is 0 Å². The summed E-state index contributed by atoms with van der Waals surface area (Å²) in [6.07, 6.45) is 1.78. The summed E-state index contributed by atoms with van der Waals surface area (Å²) in [6.45, 7) is 8.08. The Morgan fingerprint density at radius 3 is 2.50 bits per heavy atom. The summed E-state index contributed by atoms with van der Waals surface area (Å²) in [5.41, 5.74) is 2.00. The number of morpholine rings is 1. The molecule has 0 spiro atoms. The highest BCUT2D eigenvalue weighted by Gasteiger charge is 2.26. The van der Waals surface area contributed by atoms with Gasteiger partial charge in [-0.05, 0) is 45.0 Å². The lowest BCUT2D eigenvalue weighted by Crippen LogP contribution is -2.44. The van der Waals surface area contributed by atoms with E-state index < -0.39 is 10.0 Å². The molecule has 2 unspecified atom stereocenters. The second-order valence-electron chi connectivity index (χ2n) is 8.64. The third-order valence-corrected chi connectivity index (χ3v) is 7.79. The Hall–Kier alpha value is -2.60. The van der Waals surface area contributed by atoms with Gasteiger partial charge in [0.05, 0.1) is 40.9 Å². The molecule has 0 radical (unpaired) electrons. The van der Waals surface area contributed by atoms with Crippen molar-refractivity contribution >= 4 is 36.9 Å². The Morgan fingerprint density at radius 2 is 1.79 bits per heavy atom. The van der Waals surface area contributed by atoms with Crippen molar-refractivity contribution in [3.63, 3.8) is 0 Å². The fourth-order valence-corrected chi connectivity index (χ4v) is 5.99. The van der Waals surface area contributed by atoms with Crippen molar-refractivity contribution in [3.8, 4) is 11.5 Å². The van der Waals surface area contributed by atoms with Gasteiger partial charge in [-0.3, -0.25) is 4.90 Å². The lowest BCUT2D eigenvalue weighted by molar-refractivity contribution is -0.0721. The molecule has 2 atom stereocenters. The van der Waals surface area contributed by atoms with Gasteiger partial charge >= 0.3 is 0 Å². The minimum atomic E-state index is -3.88. The number of halogens is 1. The van der Waals surface area contributed by atoms with Crippen molar-refractivity contribution in [1.82, 2.24) is 24.3 Å². The molecule has 0 aliphatic carbocycles. The Balaban J connectivity index is 1.50. The fourth-order valence-electron chi connectivity index (χ4n) is 4.28. The van der Waals surface area contributed by atoms with Crippen molar-refractivity contribution < 1.29 is 17.6 Å². The molecule has 1 saturated heterocycles. The van der Waals surface area contributed by atoms with E-state index in [1.807, 2.05) is 26.8 Å². The maximum atomic E-state index is 13.3. The number of nitrogens with zero attached hydrogens (tertiary/aromatic N) is 5. The highest BCUT2D eigenvalue weighted by atomic mass is 79.9. The summed E-state index contributed by atoms with van der Waals surface area (Å²) >= 11 is 3.48. The molecule has 178 valence electrons. The van der Waals surface area contributed by atoms with Crippen molar-refractivity contribution in [3.05, 3.63) is 58.5 Å².